The number of aliphatic hydroxyl groups is 1. The first-order valence-corrected chi connectivity index (χ1v) is 7.89. The summed E-state index contributed by atoms with van der Waals surface area (Å²) >= 11 is 3.39. The molecule has 0 radical (unpaired) electrons. The van der Waals surface area contributed by atoms with Gasteiger partial charge in [0.15, 0.2) is 0 Å². The highest BCUT2D eigenvalue weighted by molar-refractivity contribution is 9.10. The van der Waals surface area contributed by atoms with Crippen LogP contribution in [-0.4, -0.2) is 35.8 Å². The molecule has 1 N–H and O–H groups in total. The van der Waals surface area contributed by atoms with Gasteiger partial charge in [-0.3, -0.25) is 0 Å². The third kappa shape index (κ3) is 4.69. The Hall–Kier alpha value is -0.590. The van der Waals surface area contributed by atoms with Gasteiger partial charge in [-0.05, 0) is 44.0 Å². The number of benzene rings is 1. The largest absolute Gasteiger partial charge is 0.391 e. The molecule has 1 aromatic carbocycles. The van der Waals surface area contributed by atoms with Crippen LogP contribution in [0.4, 0.5) is 13.2 Å². The molecule has 1 unspecified atom stereocenters. The monoisotopic (exact) mass is 365 g/mol. The summed E-state index contributed by atoms with van der Waals surface area (Å²) in [5.74, 6) is -1.16. The third-order valence-corrected chi connectivity index (χ3v) is 4.76. The van der Waals surface area contributed by atoms with E-state index < -0.39 is 18.2 Å². The normalized spacial score (nSPS) is 19.7. The Bertz CT molecular complexity index is 458. The Morgan fingerprint density at radius 2 is 1.86 bits per heavy atom. The fourth-order valence-corrected chi connectivity index (χ4v) is 3.24. The Balaban J connectivity index is 1.79. The summed E-state index contributed by atoms with van der Waals surface area (Å²) in [4.78, 5) is 2.00. The minimum Gasteiger partial charge on any atom is -0.388 e. The summed E-state index contributed by atoms with van der Waals surface area (Å²) in [6, 6.07) is 7.46. The molecule has 0 amide bonds. The van der Waals surface area contributed by atoms with Crippen molar-refractivity contribution < 1.29 is 18.3 Å². The van der Waals surface area contributed by atoms with Crippen LogP contribution in [0.2, 0.25) is 0 Å². The van der Waals surface area contributed by atoms with Crippen molar-refractivity contribution in [3.8, 4) is 0 Å². The molecule has 2 rings (SSSR count). The van der Waals surface area contributed by atoms with Gasteiger partial charge >= 0.3 is 6.18 Å². The summed E-state index contributed by atoms with van der Waals surface area (Å²) in [6.07, 6.45) is -3.82. The van der Waals surface area contributed by atoms with Crippen LogP contribution >= 0.6 is 15.9 Å². The van der Waals surface area contributed by atoms with E-state index in [-0.39, 0.29) is 12.8 Å². The number of aliphatic hydroxyl groups excluding tert-OH is 1. The maximum absolute atomic E-state index is 12.6. The summed E-state index contributed by atoms with van der Waals surface area (Å²) in [5.41, 5.74) is 0.822. The van der Waals surface area contributed by atoms with Gasteiger partial charge < -0.3 is 10.0 Å². The van der Waals surface area contributed by atoms with Crippen molar-refractivity contribution in [3.63, 3.8) is 0 Å². The van der Waals surface area contributed by atoms with E-state index in [0.29, 0.717) is 26.1 Å². The number of rotatable bonds is 4. The number of halogens is 4. The van der Waals surface area contributed by atoms with Crippen LogP contribution in [0.25, 0.3) is 0 Å². The second-order valence-corrected chi connectivity index (χ2v) is 6.34. The molecule has 0 bridgehead atoms. The lowest BCUT2D eigenvalue weighted by Gasteiger charge is -2.33. The van der Waals surface area contributed by atoms with E-state index in [1.807, 2.05) is 29.2 Å². The molecular formula is C15H19BrF3NO. The predicted molar refractivity (Wildman–Crippen MR) is 78.9 cm³/mol. The Labute approximate surface area is 131 Å². The fourth-order valence-electron chi connectivity index (χ4n) is 2.69. The van der Waals surface area contributed by atoms with E-state index >= 15 is 0 Å². The molecule has 6 heteroatoms. The summed E-state index contributed by atoms with van der Waals surface area (Å²) in [7, 11) is 0. The Morgan fingerprint density at radius 3 is 2.43 bits per heavy atom. The van der Waals surface area contributed by atoms with E-state index in [2.05, 4.69) is 15.9 Å². The lowest BCUT2D eigenvalue weighted by Crippen LogP contribution is -2.39. The third-order valence-electron chi connectivity index (χ3n) is 4.03. The topological polar surface area (TPSA) is 23.5 Å². The molecule has 1 atom stereocenters. The molecule has 0 spiro atoms. The van der Waals surface area contributed by atoms with Crippen molar-refractivity contribution in [2.45, 2.75) is 31.5 Å². The molecule has 1 aliphatic rings. The highest BCUT2D eigenvalue weighted by atomic mass is 79.9. The molecule has 118 valence electrons. The zero-order valence-corrected chi connectivity index (χ0v) is 13.2. The first-order chi connectivity index (χ1) is 9.88. The quantitative estimate of drug-likeness (QED) is 0.866. The Kier molecular flexibility index (Phi) is 5.68. The van der Waals surface area contributed by atoms with Gasteiger partial charge in [0, 0.05) is 11.0 Å². The number of likely N-dealkylation sites (tertiary alicyclic amines) is 1. The molecule has 0 aliphatic carbocycles. The van der Waals surface area contributed by atoms with Gasteiger partial charge in [0.2, 0.25) is 0 Å². The van der Waals surface area contributed by atoms with E-state index in [9.17, 15) is 18.3 Å². The first-order valence-electron chi connectivity index (χ1n) is 7.09. The van der Waals surface area contributed by atoms with Crippen LogP contribution in [-0.2, 0) is 0 Å². The van der Waals surface area contributed by atoms with Gasteiger partial charge in [0.1, 0.15) is 0 Å². The molecule has 1 heterocycles. The average Bonchev–Trinajstić information content (AvgIpc) is 2.45. The molecule has 0 saturated carbocycles. The number of nitrogens with zero attached hydrogens (tertiary/aromatic N) is 1. The van der Waals surface area contributed by atoms with Crippen molar-refractivity contribution in [2.24, 2.45) is 5.92 Å². The van der Waals surface area contributed by atoms with Gasteiger partial charge in [-0.25, -0.2) is 0 Å². The van der Waals surface area contributed by atoms with Crippen LogP contribution in [0.1, 0.15) is 30.9 Å². The zero-order chi connectivity index (χ0) is 15.5. The maximum atomic E-state index is 12.6. The first kappa shape index (κ1) is 16.8. The lowest BCUT2D eigenvalue weighted by atomic mass is 9.96. The fraction of sp³-hybridized carbons (Fsp3) is 0.600. The molecule has 21 heavy (non-hydrogen) atoms. The highest BCUT2D eigenvalue weighted by Gasteiger charge is 2.40. The van der Waals surface area contributed by atoms with Crippen molar-refractivity contribution >= 4 is 15.9 Å². The molecule has 2 nitrogen and oxygen atoms in total. The zero-order valence-electron chi connectivity index (χ0n) is 11.6. The van der Waals surface area contributed by atoms with E-state index in [1.54, 1.807) is 0 Å². The summed E-state index contributed by atoms with van der Waals surface area (Å²) < 4.78 is 38.6. The lowest BCUT2D eigenvalue weighted by molar-refractivity contribution is -0.185. The average molecular weight is 366 g/mol. The van der Waals surface area contributed by atoms with Gasteiger partial charge in [-0.1, -0.05) is 34.1 Å². The minimum absolute atomic E-state index is 0.161. The van der Waals surface area contributed by atoms with Crippen molar-refractivity contribution in [1.29, 1.82) is 0 Å². The molecule has 1 saturated heterocycles. The van der Waals surface area contributed by atoms with Crippen LogP contribution in [0.5, 0.6) is 0 Å². The molecule has 1 fully saturated rings. The summed E-state index contributed by atoms with van der Waals surface area (Å²) in [5, 5.41) is 10.2. The second kappa shape index (κ2) is 7.11. The van der Waals surface area contributed by atoms with Gasteiger partial charge in [0.25, 0.3) is 0 Å². The number of hydrogen-bond donors (Lipinski definition) is 1. The Morgan fingerprint density at radius 1 is 1.24 bits per heavy atom. The van der Waals surface area contributed by atoms with E-state index in [0.717, 1.165) is 10.0 Å². The highest BCUT2D eigenvalue weighted by Crippen LogP contribution is 2.34. The smallest absolute Gasteiger partial charge is 0.388 e. The molecule has 0 aromatic heterocycles. The van der Waals surface area contributed by atoms with Gasteiger partial charge in [0.05, 0.1) is 12.0 Å². The van der Waals surface area contributed by atoms with E-state index in [4.69, 9.17) is 0 Å². The van der Waals surface area contributed by atoms with Crippen molar-refractivity contribution in [2.75, 3.05) is 19.6 Å². The van der Waals surface area contributed by atoms with Crippen molar-refractivity contribution in [1.82, 2.24) is 4.90 Å². The van der Waals surface area contributed by atoms with Gasteiger partial charge in [-0.2, -0.15) is 13.2 Å². The number of alkyl halides is 3. The van der Waals surface area contributed by atoms with Gasteiger partial charge in [-0.15, -0.1) is 0 Å². The molecular weight excluding hydrogens is 347 g/mol. The minimum atomic E-state index is -4.07. The molecule has 1 aromatic rings. The standard InChI is InChI=1S/C15H19BrF3NO/c16-13-4-2-1-3-12(13)14(21)7-10-20-8-5-11(6-9-20)15(17,18)19/h1-4,11,14,21H,5-10H2. The summed E-state index contributed by atoms with van der Waals surface area (Å²) in [6.45, 7) is 1.52. The van der Waals surface area contributed by atoms with Crippen molar-refractivity contribution in [3.05, 3.63) is 34.3 Å². The van der Waals surface area contributed by atoms with Crippen LogP contribution in [0, 0.1) is 5.92 Å². The van der Waals surface area contributed by atoms with Crippen LogP contribution in [0.3, 0.4) is 0 Å². The predicted octanol–water partition coefficient (Wildman–Crippen LogP) is 4.15. The second-order valence-electron chi connectivity index (χ2n) is 5.48. The maximum Gasteiger partial charge on any atom is 0.391 e. The van der Waals surface area contributed by atoms with Crippen LogP contribution < -0.4 is 0 Å². The van der Waals surface area contributed by atoms with Crippen LogP contribution in [0.15, 0.2) is 28.7 Å². The number of piperidine rings is 1. The molecule has 1 aliphatic heterocycles. The number of hydrogen-bond acceptors (Lipinski definition) is 2. The van der Waals surface area contributed by atoms with E-state index in [1.165, 1.54) is 0 Å². The SMILES string of the molecule is OC(CCN1CCC(C(F)(F)F)CC1)c1ccccc1Br.